The number of pyridine rings is 1. The first-order chi connectivity index (χ1) is 23.5. The Morgan fingerprint density at radius 1 is 0.625 bits per heavy atom. The number of hydrogen-bond donors (Lipinski definition) is 0. The van der Waals surface area contributed by atoms with Crippen LogP contribution >= 0.6 is 0 Å². The van der Waals surface area contributed by atoms with Crippen molar-refractivity contribution in [2.75, 3.05) is 0 Å². The minimum absolute atomic E-state index is 0.786. The van der Waals surface area contributed by atoms with Crippen molar-refractivity contribution in [1.29, 1.82) is 0 Å². The van der Waals surface area contributed by atoms with E-state index >= 15 is 0 Å². The molecule has 0 bridgehead atoms. The van der Waals surface area contributed by atoms with E-state index in [1.54, 1.807) is 0 Å². The van der Waals surface area contributed by atoms with Gasteiger partial charge in [-0.1, -0.05) is 71.0 Å². The minimum Gasteiger partial charge on any atom is -0.457 e. The molecule has 0 aliphatic heterocycles. The zero-order valence-corrected chi connectivity index (χ0v) is 29.0. The van der Waals surface area contributed by atoms with Crippen LogP contribution in [0.15, 0.2) is 97.2 Å². The van der Waals surface area contributed by atoms with E-state index < -0.39 is 0 Å². The number of aryl methyl sites for hydroxylation is 5. The first kappa shape index (κ1) is 31.4. The molecule has 0 atom stereocenters. The van der Waals surface area contributed by atoms with Crippen LogP contribution in [0.25, 0.3) is 44.4 Å². The predicted molar refractivity (Wildman–Crippen MR) is 199 cm³/mol. The summed E-state index contributed by atoms with van der Waals surface area (Å²) in [5.41, 5.74) is 13.5. The van der Waals surface area contributed by atoms with Crippen molar-refractivity contribution < 1.29 is 4.74 Å². The third-order valence-electron chi connectivity index (χ3n) is 9.59. The second-order valence-corrected chi connectivity index (χ2v) is 12.6. The Balaban J connectivity index is 1.35. The van der Waals surface area contributed by atoms with E-state index in [1.807, 2.05) is 12.3 Å². The number of ether oxygens (including phenoxy) is 1. The highest BCUT2D eigenvalue weighted by atomic mass is 16.5. The van der Waals surface area contributed by atoms with Crippen molar-refractivity contribution in [2.45, 2.75) is 73.6 Å². The van der Waals surface area contributed by atoms with Gasteiger partial charge < -0.3 is 4.74 Å². The average Bonchev–Trinajstić information content (AvgIpc) is 3.66. The fraction of sp³-hybridized carbons (Fsp3) is 0.256. The second kappa shape index (κ2) is 13.2. The summed E-state index contributed by atoms with van der Waals surface area (Å²) in [4.78, 5) is 4.75. The van der Waals surface area contributed by atoms with Crippen molar-refractivity contribution in [3.05, 3.63) is 131 Å². The lowest BCUT2D eigenvalue weighted by Crippen LogP contribution is -2.04. The second-order valence-electron chi connectivity index (χ2n) is 12.6. The van der Waals surface area contributed by atoms with E-state index in [2.05, 4.69) is 136 Å². The number of benzene rings is 4. The molecule has 242 valence electrons. The van der Waals surface area contributed by atoms with E-state index in [0.29, 0.717) is 0 Å². The summed E-state index contributed by atoms with van der Waals surface area (Å²) in [6.07, 6.45) is 6.51. The van der Waals surface area contributed by atoms with Crippen LogP contribution in [0, 0.1) is 6.92 Å². The maximum atomic E-state index is 6.72. The number of para-hydroxylation sites is 1. The quantitative estimate of drug-likeness (QED) is 0.151. The summed E-state index contributed by atoms with van der Waals surface area (Å²) in [7, 11) is 0. The Kier molecular flexibility index (Phi) is 8.62. The number of aromatic nitrogens is 4. The largest absolute Gasteiger partial charge is 0.457 e. The third kappa shape index (κ3) is 5.47. The highest BCUT2D eigenvalue weighted by Crippen LogP contribution is 2.38. The normalized spacial score (nSPS) is 11.5. The highest BCUT2D eigenvalue weighted by molar-refractivity contribution is 6.09. The van der Waals surface area contributed by atoms with Gasteiger partial charge in [-0.25, -0.2) is 9.67 Å². The molecule has 4 aromatic carbocycles. The van der Waals surface area contributed by atoms with Crippen molar-refractivity contribution >= 4 is 21.8 Å². The molecule has 0 radical (unpaired) electrons. The van der Waals surface area contributed by atoms with E-state index in [4.69, 9.17) is 14.8 Å². The fourth-order valence-electron chi connectivity index (χ4n) is 7.21. The van der Waals surface area contributed by atoms with Crippen LogP contribution in [0.5, 0.6) is 11.5 Å². The predicted octanol–water partition coefficient (Wildman–Crippen LogP) is 10.9. The number of nitrogens with zero attached hydrogens (tertiary/aromatic N) is 4. The lowest BCUT2D eigenvalue weighted by molar-refractivity contribution is 0.482. The van der Waals surface area contributed by atoms with Crippen LogP contribution in [0.4, 0.5) is 0 Å². The van der Waals surface area contributed by atoms with Crippen LogP contribution in [0.2, 0.25) is 0 Å². The number of hydrogen-bond acceptors (Lipinski definition) is 3. The average molecular weight is 633 g/mol. The van der Waals surface area contributed by atoms with Gasteiger partial charge in [0, 0.05) is 34.7 Å². The van der Waals surface area contributed by atoms with Gasteiger partial charge in [-0.05, 0) is 109 Å². The topological polar surface area (TPSA) is 44.9 Å². The Hall–Kier alpha value is -5.16. The Morgan fingerprint density at radius 3 is 2.10 bits per heavy atom. The number of rotatable bonds is 10. The zero-order valence-electron chi connectivity index (χ0n) is 29.0. The maximum Gasteiger partial charge on any atom is 0.137 e. The zero-order chi connectivity index (χ0) is 33.4. The summed E-state index contributed by atoms with van der Waals surface area (Å²) in [5.74, 6) is 2.49. The molecule has 3 aromatic heterocycles. The maximum absolute atomic E-state index is 6.72. The first-order valence-electron chi connectivity index (χ1n) is 17.5. The SMILES string of the molecule is CCc1cc(Oc2ccc3c4ccccc4n(-c4cc(C)ccn4)c3c2)cc(-n2nc(CC)c(-c3c(CC)cccc3CC)c2CC)c1. The Bertz CT molecular complexity index is 2250. The fourth-order valence-corrected chi connectivity index (χ4v) is 7.21. The van der Waals surface area contributed by atoms with Crippen LogP contribution in [-0.2, 0) is 32.1 Å². The van der Waals surface area contributed by atoms with Gasteiger partial charge in [-0.15, -0.1) is 0 Å². The van der Waals surface area contributed by atoms with E-state index in [9.17, 15) is 0 Å². The molecule has 0 saturated carbocycles. The van der Waals surface area contributed by atoms with Crippen LogP contribution in [0.3, 0.4) is 0 Å². The molecule has 0 unspecified atom stereocenters. The Morgan fingerprint density at radius 2 is 1.40 bits per heavy atom. The van der Waals surface area contributed by atoms with Gasteiger partial charge >= 0.3 is 0 Å². The lowest BCUT2D eigenvalue weighted by Gasteiger charge is -2.16. The highest BCUT2D eigenvalue weighted by Gasteiger charge is 2.23. The summed E-state index contributed by atoms with van der Waals surface area (Å²) in [5, 5.41) is 7.66. The molecule has 0 amide bonds. The van der Waals surface area contributed by atoms with E-state index in [-0.39, 0.29) is 0 Å². The summed E-state index contributed by atoms with van der Waals surface area (Å²) in [6.45, 7) is 13.3. The molecule has 3 heterocycles. The Labute approximate surface area is 283 Å². The van der Waals surface area contributed by atoms with Crippen LogP contribution in [-0.4, -0.2) is 19.3 Å². The molecule has 0 saturated heterocycles. The summed E-state index contributed by atoms with van der Waals surface area (Å²) < 4.78 is 11.1. The van der Waals surface area contributed by atoms with Gasteiger partial charge in [0.05, 0.1) is 28.1 Å². The molecule has 7 aromatic rings. The summed E-state index contributed by atoms with van der Waals surface area (Å²) >= 11 is 0. The monoisotopic (exact) mass is 632 g/mol. The van der Waals surface area contributed by atoms with E-state index in [0.717, 1.165) is 71.8 Å². The van der Waals surface area contributed by atoms with Gasteiger partial charge in [-0.3, -0.25) is 4.57 Å². The van der Waals surface area contributed by atoms with Gasteiger partial charge in [0.1, 0.15) is 17.3 Å². The van der Waals surface area contributed by atoms with Crippen molar-refractivity contribution in [3.63, 3.8) is 0 Å². The molecule has 7 rings (SSSR count). The third-order valence-corrected chi connectivity index (χ3v) is 9.59. The van der Waals surface area contributed by atoms with Crippen LogP contribution < -0.4 is 4.74 Å². The van der Waals surface area contributed by atoms with Gasteiger partial charge in [0.15, 0.2) is 0 Å². The lowest BCUT2D eigenvalue weighted by atomic mass is 9.89. The van der Waals surface area contributed by atoms with Crippen LogP contribution in [0.1, 0.15) is 68.3 Å². The molecule has 0 aliphatic carbocycles. The molecule has 48 heavy (non-hydrogen) atoms. The van der Waals surface area contributed by atoms with Crippen molar-refractivity contribution in [2.24, 2.45) is 0 Å². The molecule has 0 spiro atoms. The van der Waals surface area contributed by atoms with Crippen molar-refractivity contribution in [1.82, 2.24) is 19.3 Å². The van der Waals surface area contributed by atoms with Gasteiger partial charge in [-0.2, -0.15) is 5.10 Å². The van der Waals surface area contributed by atoms with Gasteiger partial charge in [0.25, 0.3) is 0 Å². The molecule has 5 nitrogen and oxygen atoms in total. The molecule has 0 aliphatic rings. The van der Waals surface area contributed by atoms with Gasteiger partial charge in [0.2, 0.25) is 0 Å². The molecular formula is C43H44N4O. The van der Waals surface area contributed by atoms with Crippen molar-refractivity contribution in [3.8, 4) is 34.1 Å². The number of fused-ring (bicyclic) bond motifs is 3. The smallest absolute Gasteiger partial charge is 0.137 e. The minimum atomic E-state index is 0.786. The standard InChI is InChI=1S/C43H44N4O/c1-7-29-24-32(47-38(11-5)43(37(10-4)45-47)42-30(8-2)15-14-16-31(42)9-3)26-34(25-29)48-33-19-20-36-35-17-12-13-18-39(35)46(40(36)27-33)41-23-28(6)21-22-44-41/h12-27H,7-11H2,1-6H3. The first-order valence-corrected chi connectivity index (χ1v) is 17.5. The molecule has 0 N–H and O–H groups in total. The summed E-state index contributed by atoms with van der Waals surface area (Å²) in [6, 6.07) is 32.4. The molecular weight excluding hydrogens is 589 g/mol. The molecule has 0 fully saturated rings. The molecule has 5 heteroatoms. The van der Waals surface area contributed by atoms with E-state index in [1.165, 1.54) is 49.8 Å².